The van der Waals surface area contributed by atoms with E-state index in [0.717, 1.165) is 0 Å². The van der Waals surface area contributed by atoms with E-state index in [0.29, 0.717) is 13.8 Å². The molecule has 0 aliphatic carbocycles. The molecule has 0 atom stereocenters. The number of halogens is 4. The highest BCUT2D eigenvalue weighted by molar-refractivity contribution is 8.10. The van der Waals surface area contributed by atoms with E-state index in [1.807, 2.05) is 0 Å². The van der Waals surface area contributed by atoms with Crippen LogP contribution < -0.4 is 0 Å². The fraction of sp³-hybridized carbons (Fsp3) is 1.00. The van der Waals surface area contributed by atoms with Crippen molar-refractivity contribution in [3.8, 4) is 0 Å². The second-order valence-electron chi connectivity index (χ2n) is 3.01. The third-order valence-corrected chi connectivity index (χ3v) is 6.91. The van der Waals surface area contributed by atoms with Crippen molar-refractivity contribution in [2.45, 2.75) is 29.4 Å². The zero-order chi connectivity index (χ0) is 12.7. The highest BCUT2D eigenvalue weighted by Gasteiger charge is 2.55. The van der Waals surface area contributed by atoms with Gasteiger partial charge in [-0.3, -0.25) is 0 Å². The Balaban J connectivity index is 5.76. The minimum absolute atomic E-state index is 0.302. The molecule has 0 rings (SSSR count). The van der Waals surface area contributed by atoms with E-state index in [1.165, 1.54) is 0 Å². The number of sulfone groups is 2. The zero-order valence-corrected chi connectivity index (χ0v) is 9.25. The summed E-state index contributed by atoms with van der Waals surface area (Å²) in [6, 6.07) is 0. The average molecular weight is 272 g/mol. The van der Waals surface area contributed by atoms with Gasteiger partial charge in [-0.25, -0.2) is 16.8 Å². The standard InChI is InChI=1S/C5H8F4O4S2/c1-5(2,14(10,11)3(6)7)15(12,13)4(8)9/h3-4H,1-2H3. The molecule has 0 amide bonds. The van der Waals surface area contributed by atoms with Crippen molar-refractivity contribution in [1.29, 1.82) is 0 Å². The Morgan fingerprint density at radius 2 is 1.00 bits per heavy atom. The van der Waals surface area contributed by atoms with E-state index in [4.69, 9.17) is 0 Å². The number of hydrogen-bond donors (Lipinski definition) is 0. The summed E-state index contributed by atoms with van der Waals surface area (Å²) >= 11 is 0. The Bertz CT molecular complexity index is 382. The SMILES string of the molecule is CC(C)(S(=O)(=O)C(F)F)S(=O)(=O)C(F)F. The minimum atomic E-state index is -5.48. The Labute approximate surface area is 84.1 Å². The van der Waals surface area contributed by atoms with E-state index in [-0.39, 0.29) is 0 Å². The van der Waals surface area contributed by atoms with Gasteiger partial charge in [-0.15, -0.1) is 0 Å². The molecule has 15 heavy (non-hydrogen) atoms. The molecule has 0 aliphatic rings. The first kappa shape index (κ1) is 14.6. The molecule has 10 heteroatoms. The maximum absolute atomic E-state index is 12.0. The molecule has 0 N–H and O–H groups in total. The van der Waals surface area contributed by atoms with Crippen molar-refractivity contribution in [2.24, 2.45) is 0 Å². The molecule has 0 heterocycles. The quantitative estimate of drug-likeness (QED) is 0.716. The molecule has 0 saturated heterocycles. The first-order valence-corrected chi connectivity index (χ1v) is 6.51. The van der Waals surface area contributed by atoms with Crippen LogP contribution in [0.15, 0.2) is 0 Å². The van der Waals surface area contributed by atoms with Gasteiger partial charge in [0, 0.05) is 0 Å². The molecular formula is C5H8F4O4S2. The van der Waals surface area contributed by atoms with Crippen LogP contribution in [0.3, 0.4) is 0 Å². The molecular weight excluding hydrogens is 264 g/mol. The number of hydrogen-bond acceptors (Lipinski definition) is 4. The molecule has 4 nitrogen and oxygen atoms in total. The van der Waals surface area contributed by atoms with Gasteiger partial charge in [0.25, 0.3) is 0 Å². The maximum Gasteiger partial charge on any atom is 0.338 e. The van der Waals surface area contributed by atoms with Crippen molar-refractivity contribution >= 4 is 19.7 Å². The van der Waals surface area contributed by atoms with Crippen molar-refractivity contribution in [3.05, 3.63) is 0 Å². The van der Waals surface area contributed by atoms with Gasteiger partial charge in [-0.2, -0.15) is 17.6 Å². The summed E-state index contributed by atoms with van der Waals surface area (Å²) in [5.41, 5.74) is 0. The predicted octanol–water partition coefficient (Wildman–Crippen LogP) is 0.997. The summed E-state index contributed by atoms with van der Waals surface area (Å²) < 4.78 is 88.2. The van der Waals surface area contributed by atoms with Crippen LogP contribution in [0.4, 0.5) is 17.6 Å². The first-order chi connectivity index (χ1) is 6.39. The van der Waals surface area contributed by atoms with E-state index >= 15 is 0 Å². The van der Waals surface area contributed by atoms with Crippen molar-refractivity contribution < 1.29 is 34.4 Å². The lowest BCUT2D eigenvalue weighted by Gasteiger charge is -2.23. The van der Waals surface area contributed by atoms with Crippen molar-refractivity contribution in [2.75, 3.05) is 0 Å². The zero-order valence-electron chi connectivity index (χ0n) is 7.62. The van der Waals surface area contributed by atoms with Gasteiger partial charge in [0.1, 0.15) is 0 Å². The minimum Gasteiger partial charge on any atom is -0.221 e. The molecule has 0 unspecified atom stereocenters. The fourth-order valence-electron chi connectivity index (χ4n) is 0.591. The summed E-state index contributed by atoms with van der Waals surface area (Å²) in [4.78, 5) is 0. The van der Waals surface area contributed by atoms with Crippen LogP contribution in [0.1, 0.15) is 13.8 Å². The fourth-order valence-corrected chi connectivity index (χ4v) is 3.18. The van der Waals surface area contributed by atoms with Crippen LogP contribution in [0, 0.1) is 0 Å². The van der Waals surface area contributed by atoms with Crippen LogP contribution in [0.5, 0.6) is 0 Å². The third-order valence-electron chi connectivity index (χ3n) is 1.84. The van der Waals surface area contributed by atoms with Gasteiger partial charge in [0.15, 0.2) is 4.08 Å². The van der Waals surface area contributed by atoms with Crippen molar-refractivity contribution in [3.63, 3.8) is 0 Å². The van der Waals surface area contributed by atoms with Gasteiger partial charge < -0.3 is 0 Å². The van der Waals surface area contributed by atoms with Gasteiger partial charge in [-0.05, 0) is 13.8 Å². The Morgan fingerprint density at radius 1 is 0.800 bits per heavy atom. The summed E-state index contributed by atoms with van der Waals surface area (Å²) in [6.45, 7) is 0.603. The highest BCUT2D eigenvalue weighted by Crippen LogP contribution is 2.32. The second kappa shape index (κ2) is 3.89. The van der Waals surface area contributed by atoms with E-state index in [9.17, 15) is 34.4 Å². The van der Waals surface area contributed by atoms with E-state index < -0.39 is 35.3 Å². The molecule has 0 radical (unpaired) electrons. The average Bonchev–Trinajstić information content (AvgIpc) is 2.02. The Hall–Kier alpha value is -0.380. The monoisotopic (exact) mass is 272 g/mol. The van der Waals surface area contributed by atoms with Crippen molar-refractivity contribution in [1.82, 2.24) is 0 Å². The van der Waals surface area contributed by atoms with Crippen LogP contribution in [0.25, 0.3) is 0 Å². The molecule has 0 spiro atoms. The Morgan fingerprint density at radius 3 is 1.13 bits per heavy atom. The normalized spacial score (nSPS) is 14.9. The smallest absolute Gasteiger partial charge is 0.221 e. The molecule has 0 aromatic carbocycles. The lowest BCUT2D eigenvalue weighted by atomic mass is 10.5. The summed E-state index contributed by atoms with van der Waals surface area (Å²) in [6.07, 6.45) is 0. The topological polar surface area (TPSA) is 68.3 Å². The summed E-state index contributed by atoms with van der Waals surface area (Å²) in [5, 5.41) is 0. The van der Waals surface area contributed by atoms with Crippen LogP contribution in [-0.4, -0.2) is 32.4 Å². The molecule has 0 bridgehead atoms. The Kier molecular flexibility index (Phi) is 3.79. The lowest BCUT2D eigenvalue weighted by molar-refractivity contribution is 0.225. The molecule has 0 aliphatic heterocycles. The molecule has 0 aromatic rings. The highest BCUT2D eigenvalue weighted by atomic mass is 32.3. The van der Waals surface area contributed by atoms with Crippen LogP contribution in [0.2, 0.25) is 0 Å². The predicted molar refractivity (Wildman–Crippen MR) is 43.9 cm³/mol. The maximum atomic E-state index is 12.0. The van der Waals surface area contributed by atoms with Crippen LogP contribution in [-0.2, 0) is 19.7 Å². The largest absolute Gasteiger partial charge is 0.338 e. The third kappa shape index (κ3) is 2.10. The number of rotatable bonds is 4. The van der Waals surface area contributed by atoms with Crippen LogP contribution >= 0.6 is 0 Å². The van der Waals surface area contributed by atoms with E-state index in [2.05, 4.69) is 0 Å². The summed E-state index contributed by atoms with van der Waals surface area (Å²) in [7, 11) is -11.0. The van der Waals surface area contributed by atoms with Gasteiger partial charge in [-0.1, -0.05) is 0 Å². The van der Waals surface area contributed by atoms with Gasteiger partial charge in [0.2, 0.25) is 19.7 Å². The first-order valence-electron chi connectivity index (χ1n) is 3.42. The number of alkyl halides is 4. The lowest BCUT2D eigenvalue weighted by Crippen LogP contribution is -2.46. The molecule has 0 fully saturated rings. The second-order valence-corrected chi connectivity index (χ2v) is 8.20. The van der Waals surface area contributed by atoms with E-state index in [1.54, 1.807) is 0 Å². The summed E-state index contributed by atoms with van der Waals surface area (Å²) in [5.74, 6) is -8.05. The molecule has 92 valence electrons. The molecule has 0 saturated carbocycles. The molecule has 0 aromatic heterocycles. The van der Waals surface area contributed by atoms with Gasteiger partial charge in [0.05, 0.1) is 0 Å². The van der Waals surface area contributed by atoms with Gasteiger partial charge >= 0.3 is 11.5 Å².